The number of carbonyl (C=O) groups excluding carboxylic acids is 1. The van der Waals surface area contributed by atoms with Crippen molar-refractivity contribution >= 4 is 11.9 Å². The van der Waals surface area contributed by atoms with Gasteiger partial charge in [0.2, 0.25) is 11.9 Å². The van der Waals surface area contributed by atoms with Crippen LogP contribution in [-0.2, 0) is 11.3 Å². The standard InChI is InChI=1S/C26H27N7O2/c1-19-17-21(9-10-22(19)35-2)24-29-25(20-7-4-3-5-8-20)33(30-24)18-23(34)31-13-15-32(16-14-31)26-27-11-6-12-28-26/h3-12,17H,13-16,18H2,1-2H3. The Balaban J connectivity index is 1.37. The van der Waals surface area contributed by atoms with Crippen molar-refractivity contribution < 1.29 is 9.53 Å². The smallest absolute Gasteiger partial charge is 0.244 e. The summed E-state index contributed by atoms with van der Waals surface area (Å²) in [4.78, 5) is 30.7. The van der Waals surface area contributed by atoms with Gasteiger partial charge >= 0.3 is 0 Å². The van der Waals surface area contributed by atoms with Gasteiger partial charge in [0.15, 0.2) is 11.6 Å². The molecule has 178 valence electrons. The van der Waals surface area contributed by atoms with Gasteiger partial charge in [-0.15, -0.1) is 5.10 Å². The molecule has 35 heavy (non-hydrogen) atoms. The maximum atomic E-state index is 13.2. The van der Waals surface area contributed by atoms with E-state index in [1.807, 2.05) is 60.4 Å². The summed E-state index contributed by atoms with van der Waals surface area (Å²) in [6.45, 7) is 4.70. The minimum Gasteiger partial charge on any atom is -0.496 e. The largest absolute Gasteiger partial charge is 0.496 e. The van der Waals surface area contributed by atoms with Crippen molar-refractivity contribution in [2.45, 2.75) is 13.5 Å². The van der Waals surface area contributed by atoms with Crippen molar-refractivity contribution in [2.24, 2.45) is 0 Å². The number of aromatic nitrogens is 5. The maximum Gasteiger partial charge on any atom is 0.244 e. The second kappa shape index (κ2) is 9.92. The molecule has 0 aliphatic carbocycles. The molecule has 0 unspecified atom stereocenters. The van der Waals surface area contributed by atoms with E-state index in [4.69, 9.17) is 14.8 Å². The minimum absolute atomic E-state index is 0.0122. The molecule has 9 heteroatoms. The van der Waals surface area contributed by atoms with Crippen LogP contribution in [-0.4, -0.2) is 68.8 Å². The van der Waals surface area contributed by atoms with Gasteiger partial charge in [-0.05, 0) is 36.8 Å². The molecule has 1 fully saturated rings. The first-order valence-electron chi connectivity index (χ1n) is 11.6. The number of hydrogen-bond acceptors (Lipinski definition) is 7. The highest BCUT2D eigenvalue weighted by Crippen LogP contribution is 2.27. The number of hydrogen-bond donors (Lipinski definition) is 0. The molecule has 2 aromatic heterocycles. The van der Waals surface area contributed by atoms with Gasteiger partial charge in [-0.2, -0.15) is 0 Å². The van der Waals surface area contributed by atoms with E-state index < -0.39 is 0 Å². The molecular formula is C26H27N7O2. The number of nitrogens with zero attached hydrogens (tertiary/aromatic N) is 7. The number of amides is 1. The maximum absolute atomic E-state index is 13.2. The number of carbonyl (C=O) groups is 1. The molecule has 0 bridgehead atoms. The summed E-state index contributed by atoms with van der Waals surface area (Å²) < 4.78 is 7.09. The lowest BCUT2D eigenvalue weighted by molar-refractivity contribution is -0.132. The van der Waals surface area contributed by atoms with Gasteiger partial charge < -0.3 is 14.5 Å². The predicted molar refractivity (Wildman–Crippen MR) is 133 cm³/mol. The van der Waals surface area contributed by atoms with Gasteiger partial charge in [-0.25, -0.2) is 19.6 Å². The van der Waals surface area contributed by atoms with Gasteiger partial charge in [0.05, 0.1) is 7.11 Å². The van der Waals surface area contributed by atoms with E-state index in [0.717, 1.165) is 22.4 Å². The van der Waals surface area contributed by atoms with Crippen LogP contribution in [0.4, 0.5) is 5.95 Å². The van der Waals surface area contributed by atoms with Crippen molar-refractivity contribution in [3.63, 3.8) is 0 Å². The molecule has 3 heterocycles. The average Bonchev–Trinajstić information content (AvgIpc) is 3.33. The molecule has 4 aromatic rings. The summed E-state index contributed by atoms with van der Waals surface area (Å²) in [6, 6.07) is 17.5. The van der Waals surface area contributed by atoms with Crippen molar-refractivity contribution in [1.82, 2.24) is 29.6 Å². The number of rotatable bonds is 6. The van der Waals surface area contributed by atoms with Gasteiger partial charge in [-0.3, -0.25) is 4.79 Å². The molecule has 5 rings (SSSR count). The van der Waals surface area contributed by atoms with Crippen molar-refractivity contribution in [1.29, 1.82) is 0 Å². The van der Waals surface area contributed by atoms with Crippen molar-refractivity contribution in [2.75, 3.05) is 38.2 Å². The van der Waals surface area contributed by atoms with Gasteiger partial charge in [0, 0.05) is 49.7 Å². The lowest BCUT2D eigenvalue weighted by Gasteiger charge is -2.34. The third-order valence-corrected chi connectivity index (χ3v) is 6.11. The van der Waals surface area contributed by atoms with Gasteiger partial charge in [0.1, 0.15) is 12.3 Å². The normalized spacial score (nSPS) is 13.7. The molecule has 1 amide bonds. The first kappa shape index (κ1) is 22.5. The number of aryl methyl sites for hydroxylation is 1. The van der Waals surface area contributed by atoms with E-state index in [1.165, 1.54) is 0 Å². The number of piperazine rings is 1. The Morgan fingerprint density at radius 3 is 2.37 bits per heavy atom. The number of ether oxygens (including phenoxy) is 1. The van der Waals surface area contributed by atoms with Crippen LogP contribution in [0.1, 0.15) is 5.56 Å². The zero-order valence-electron chi connectivity index (χ0n) is 19.8. The Morgan fingerprint density at radius 1 is 0.943 bits per heavy atom. The Kier molecular flexibility index (Phi) is 6.38. The van der Waals surface area contributed by atoms with E-state index in [2.05, 4.69) is 14.9 Å². The lowest BCUT2D eigenvalue weighted by atomic mass is 10.1. The van der Waals surface area contributed by atoms with Crippen molar-refractivity contribution in [3.05, 3.63) is 72.6 Å². The van der Waals surface area contributed by atoms with Crippen LogP contribution in [0, 0.1) is 6.92 Å². The quantitative estimate of drug-likeness (QED) is 0.429. The summed E-state index contributed by atoms with van der Waals surface area (Å²) in [5, 5.41) is 4.74. The molecule has 9 nitrogen and oxygen atoms in total. The fourth-order valence-electron chi connectivity index (χ4n) is 4.23. The molecule has 0 saturated carbocycles. The fourth-order valence-corrected chi connectivity index (χ4v) is 4.23. The van der Waals surface area contributed by atoms with E-state index in [1.54, 1.807) is 30.3 Å². The highest BCUT2D eigenvalue weighted by Gasteiger charge is 2.24. The first-order valence-corrected chi connectivity index (χ1v) is 11.6. The number of methoxy groups -OCH3 is 1. The summed E-state index contributed by atoms with van der Waals surface area (Å²) in [7, 11) is 1.65. The zero-order valence-corrected chi connectivity index (χ0v) is 19.8. The highest BCUT2D eigenvalue weighted by atomic mass is 16.5. The van der Waals surface area contributed by atoms with Crippen LogP contribution in [0.25, 0.3) is 22.8 Å². The first-order chi connectivity index (χ1) is 17.1. The summed E-state index contributed by atoms with van der Waals surface area (Å²) in [6.07, 6.45) is 3.47. The number of benzene rings is 2. The Morgan fingerprint density at radius 2 is 1.69 bits per heavy atom. The molecule has 0 spiro atoms. The summed E-state index contributed by atoms with van der Waals surface area (Å²) in [5.41, 5.74) is 2.79. The molecule has 2 aromatic carbocycles. The molecule has 1 aliphatic heterocycles. The Bertz CT molecular complexity index is 1300. The van der Waals surface area contributed by atoms with Crippen LogP contribution >= 0.6 is 0 Å². The van der Waals surface area contributed by atoms with Crippen LogP contribution < -0.4 is 9.64 Å². The van der Waals surface area contributed by atoms with Crippen molar-refractivity contribution in [3.8, 4) is 28.5 Å². The topological polar surface area (TPSA) is 89.3 Å². The average molecular weight is 470 g/mol. The van der Waals surface area contributed by atoms with E-state index in [9.17, 15) is 4.79 Å². The Labute approximate surface area is 204 Å². The molecule has 1 saturated heterocycles. The summed E-state index contributed by atoms with van der Waals surface area (Å²) >= 11 is 0. The molecule has 0 atom stereocenters. The van der Waals surface area contributed by atoms with E-state index in [-0.39, 0.29) is 12.5 Å². The van der Waals surface area contributed by atoms with E-state index >= 15 is 0 Å². The van der Waals surface area contributed by atoms with Crippen LogP contribution in [0.5, 0.6) is 5.75 Å². The third-order valence-electron chi connectivity index (χ3n) is 6.11. The predicted octanol–water partition coefficient (Wildman–Crippen LogP) is 3.07. The second-order valence-corrected chi connectivity index (χ2v) is 8.38. The van der Waals surface area contributed by atoms with Gasteiger partial charge in [0.25, 0.3) is 0 Å². The molecule has 1 aliphatic rings. The van der Waals surface area contributed by atoms with Crippen LogP contribution in [0.15, 0.2) is 67.0 Å². The highest BCUT2D eigenvalue weighted by molar-refractivity contribution is 5.77. The monoisotopic (exact) mass is 469 g/mol. The minimum atomic E-state index is 0.0122. The molecule has 0 radical (unpaired) electrons. The summed E-state index contributed by atoms with van der Waals surface area (Å²) in [5.74, 6) is 2.76. The second-order valence-electron chi connectivity index (χ2n) is 8.38. The SMILES string of the molecule is COc1ccc(-c2nc(-c3ccccc3)n(CC(=O)N3CCN(c4ncccn4)CC3)n2)cc1C. The van der Waals surface area contributed by atoms with Gasteiger partial charge in [-0.1, -0.05) is 30.3 Å². The Hall–Kier alpha value is -4.27. The fraction of sp³-hybridized carbons (Fsp3) is 0.269. The number of anilines is 1. The zero-order chi connectivity index (χ0) is 24.2. The lowest BCUT2D eigenvalue weighted by Crippen LogP contribution is -2.50. The van der Waals surface area contributed by atoms with Crippen LogP contribution in [0.3, 0.4) is 0 Å². The van der Waals surface area contributed by atoms with Crippen LogP contribution in [0.2, 0.25) is 0 Å². The van der Waals surface area contributed by atoms with E-state index in [0.29, 0.717) is 43.8 Å². The third kappa shape index (κ3) is 4.84. The molecular weight excluding hydrogens is 442 g/mol. The molecule has 0 N–H and O–H groups in total.